The molecule has 0 fully saturated rings. The van der Waals surface area contributed by atoms with Gasteiger partial charge in [-0.3, -0.25) is 9.36 Å². The summed E-state index contributed by atoms with van der Waals surface area (Å²) in [5, 5.41) is 2.35. The van der Waals surface area contributed by atoms with Crippen molar-refractivity contribution in [1.29, 1.82) is 0 Å². The third kappa shape index (κ3) is 5.36. The van der Waals surface area contributed by atoms with Gasteiger partial charge in [0, 0.05) is 11.9 Å². The van der Waals surface area contributed by atoms with Crippen LogP contribution in [-0.4, -0.2) is 39.3 Å². The number of esters is 1. The van der Waals surface area contributed by atoms with Gasteiger partial charge in [-0.15, -0.1) is 0 Å². The number of hydrogen-bond donors (Lipinski definition) is 1. The third-order valence-corrected chi connectivity index (χ3v) is 4.84. The quantitative estimate of drug-likeness (QED) is 0.423. The maximum atomic E-state index is 12.7. The monoisotopic (exact) mass is 470 g/mol. The first-order chi connectivity index (χ1) is 14.7. The van der Waals surface area contributed by atoms with E-state index in [0.717, 1.165) is 0 Å². The van der Waals surface area contributed by atoms with E-state index in [4.69, 9.17) is 16.3 Å². The Labute approximate surface area is 183 Å². The molecule has 0 aliphatic heterocycles. The summed E-state index contributed by atoms with van der Waals surface area (Å²) in [6.07, 6.45) is -0.958. The number of halogens is 4. The summed E-state index contributed by atoms with van der Waals surface area (Å²) in [4.78, 5) is 32.2. The van der Waals surface area contributed by atoms with Gasteiger partial charge in [0.2, 0.25) is 0 Å². The van der Waals surface area contributed by atoms with Crippen molar-refractivity contribution < 1.29 is 27.5 Å². The number of imidazole rings is 1. The number of anilines is 1. The Bertz CT molecular complexity index is 1110. The first kappa shape index (κ1) is 22.6. The number of ether oxygens (including phenoxy) is 1. The Morgan fingerprint density at radius 3 is 2.52 bits per heavy atom. The molecule has 1 amide bonds. The number of nitrogens with one attached hydrogen (secondary N) is 1. The van der Waals surface area contributed by atoms with Gasteiger partial charge in [0.05, 0.1) is 16.8 Å². The number of nitrogens with zero attached hydrogens (tertiary/aromatic N) is 3. The molecular formula is C19H14ClF3N4O3S. The average Bonchev–Trinajstić information content (AvgIpc) is 3.17. The third-order valence-electron chi connectivity index (χ3n) is 3.90. The Hall–Kier alpha value is -3.05. The predicted molar refractivity (Wildman–Crippen MR) is 109 cm³/mol. The molecule has 31 heavy (non-hydrogen) atoms. The molecule has 0 radical (unpaired) electrons. The topological polar surface area (TPSA) is 86.1 Å². The summed E-state index contributed by atoms with van der Waals surface area (Å²) in [5.41, 5.74) is -0.267. The number of rotatable bonds is 6. The van der Waals surface area contributed by atoms with Crippen LogP contribution in [0.2, 0.25) is 5.02 Å². The average molecular weight is 471 g/mol. The molecule has 0 saturated heterocycles. The van der Waals surface area contributed by atoms with Crippen molar-refractivity contribution in [2.24, 2.45) is 0 Å². The van der Waals surface area contributed by atoms with Crippen molar-refractivity contribution in [3.63, 3.8) is 0 Å². The minimum atomic E-state index is -4.62. The molecular weight excluding hydrogens is 457 g/mol. The number of thioether (sulfide) groups is 1. The van der Waals surface area contributed by atoms with E-state index in [2.05, 4.69) is 15.3 Å². The van der Waals surface area contributed by atoms with Crippen LogP contribution in [-0.2, 0) is 15.7 Å². The van der Waals surface area contributed by atoms with Crippen LogP contribution in [0, 0.1) is 0 Å². The summed E-state index contributed by atoms with van der Waals surface area (Å²) in [6.45, 7) is -0.702. The number of carbonyl (C=O) groups is 2. The smallest absolute Gasteiger partial charge is 0.417 e. The lowest BCUT2D eigenvalue weighted by Crippen LogP contribution is -2.23. The van der Waals surface area contributed by atoms with E-state index in [9.17, 15) is 22.8 Å². The van der Waals surface area contributed by atoms with E-state index < -0.39 is 35.2 Å². The number of para-hydroxylation sites is 1. The number of pyridine rings is 1. The van der Waals surface area contributed by atoms with Gasteiger partial charge in [0.15, 0.2) is 23.3 Å². The van der Waals surface area contributed by atoms with Crippen molar-refractivity contribution >= 4 is 41.1 Å². The zero-order valence-electron chi connectivity index (χ0n) is 15.8. The van der Waals surface area contributed by atoms with Crippen molar-refractivity contribution in [1.82, 2.24) is 14.5 Å². The van der Waals surface area contributed by atoms with Gasteiger partial charge in [-0.25, -0.2) is 14.8 Å². The van der Waals surface area contributed by atoms with E-state index in [0.29, 0.717) is 23.1 Å². The highest BCUT2D eigenvalue weighted by molar-refractivity contribution is 7.98. The molecule has 0 aliphatic rings. The molecule has 0 saturated carbocycles. The molecule has 0 aliphatic carbocycles. The van der Waals surface area contributed by atoms with Gasteiger partial charge < -0.3 is 10.1 Å². The molecule has 12 heteroatoms. The van der Waals surface area contributed by atoms with Crippen LogP contribution >= 0.6 is 23.4 Å². The van der Waals surface area contributed by atoms with E-state index in [1.54, 1.807) is 35.1 Å². The highest BCUT2D eigenvalue weighted by Gasteiger charge is 2.31. The number of amides is 1. The van der Waals surface area contributed by atoms with E-state index in [1.807, 2.05) is 6.07 Å². The van der Waals surface area contributed by atoms with Gasteiger partial charge >= 0.3 is 12.1 Å². The van der Waals surface area contributed by atoms with Crippen LogP contribution in [0.4, 0.5) is 19.0 Å². The molecule has 0 bridgehead atoms. The first-order valence-electron chi connectivity index (χ1n) is 8.57. The summed E-state index contributed by atoms with van der Waals surface area (Å²) in [6, 6.07) is 9.61. The molecule has 7 nitrogen and oxygen atoms in total. The second-order valence-corrected chi connectivity index (χ2v) is 7.16. The maximum Gasteiger partial charge on any atom is 0.417 e. The minimum Gasteiger partial charge on any atom is -0.451 e. The second kappa shape index (κ2) is 9.40. The van der Waals surface area contributed by atoms with Crippen LogP contribution in [0.1, 0.15) is 16.1 Å². The normalized spacial score (nSPS) is 11.3. The van der Waals surface area contributed by atoms with Gasteiger partial charge in [-0.05, 0) is 24.5 Å². The molecule has 162 valence electrons. The minimum absolute atomic E-state index is 0.106. The van der Waals surface area contributed by atoms with Crippen LogP contribution in [0.3, 0.4) is 0 Å². The lowest BCUT2D eigenvalue weighted by Gasteiger charge is -2.11. The van der Waals surface area contributed by atoms with E-state index in [1.165, 1.54) is 18.0 Å². The Morgan fingerprint density at radius 1 is 1.19 bits per heavy atom. The summed E-state index contributed by atoms with van der Waals surface area (Å²) in [5.74, 6) is -1.91. The fourth-order valence-electron chi connectivity index (χ4n) is 2.51. The zero-order valence-corrected chi connectivity index (χ0v) is 17.4. The number of aromatic nitrogens is 3. The summed E-state index contributed by atoms with van der Waals surface area (Å²) >= 11 is 7.07. The first-order valence-corrected chi connectivity index (χ1v) is 10.2. The van der Waals surface area contributed by atoms with Crippen LogP contribution < -0.4 is 5.32 Å². The zero-order chi connectivity index (χ0) is 22.6. The highest BCUT2D eigenvalue weighted by atomic mass is 35.5. The standard InChI is InChI=1S/C19H14ClF3N4O3S/c1-31-18-25-9-14(27(18)12-5-3-2-4-6-12)17(29)30-10-15(28)26-16-13(20)7-11(8-24-16)19(21,22)23/h2-9H,10H2,1H3,(H,24,26,28). The predicted octanol–water partition coefficient (Wildman–Crippen LogP) is 4.46. The molecule has 3 rings (SSSR count). The molecule has 0 spiro atoms. The Kier molecular flexibility index (Phi) is 6.86. The van der Waals surface area contributed by atoms with Crippen LogP contribution in [0.15, 0.2) is 53.9 Å². The SMILES string of the molecule is CSc1ncc(C(=O)OCC(=O)Nc2ncc(C(F)(F)F)cc2Cl)n1-c1ccccc1. The van der Waals surface area contributed by atoms with Crippen LogP contribution in [0.25, 0.3) is 5.69 Å². The number of alkyl halides is 3. The largest absolute Gasteiger partial charge is 0.451 e. The summed E-state index contributed by atoms with van der Waals surface area (Å²) in [7, 11) is 0. The highest BCUT2D eigenvalue weighted by Crippen LogP contribution is 2.32. The van der Waals surface area contributed by atoms with E-state index in [-0.39, 0.29) is 11.5 Å². The van der Waals surface area contributed by atoms with Crippen molar-refractivity contribution in [2.75, 3.05) is 18.2 Å². The van der Waals surface area contributed by atoms with Gasteiger partial charge in [-0.2, -0.15) is 13.2 Å². The number of benzene rings is 1. The lowest BCUT2D eigenvalue weighted by molar-refractivity contribution is -0.137. The van der Waals surface area contributed by atoms with Gasteiger partial charge in [0.25, 0.3) is 5.91 Å². The molecule has 3 aromatic rings. The van der Waals surface area contributed by atoms with Crippen molar-refractivity contribution in [2.45, 2.75) is 11.3 Å². The Balaban J connectivity index is 1.68. The molecule has 2 aromatic heterocycles. The molecule has 1 aromatic carbocycles. The number of hydrogen-bond acceptors (Lipinski definition) is 6. The van der Waals surface area contributed by atoms with E-state index >= 15 is 0 Å². The maximum absolute atomic E-state index is 12.7. The van der Waals surface area contributed by atoms with Crippen LogP contribution in [0.5, 0.6) is 0 Å². The lowest BCUT2D eigenvalue weighted by atomic mass is 10.3. The Morgan fingerprint density at radius 2 is 1.90 bits per heavy atom. The fourth-order valence-corrected chi connectivity index (χ4v) is 3.27. The fraction of sp³-hybridized carbons (Fsp3) is 0.158. The molecule has 1 N–H and O–H groups in total. The van der Waals surface area contributed by atoms with Gasteiger partial charge in [-0.1, -0.05) is 41.6 Å². The second-order valence-electron chi connectivity index (χ2n) is 5.98. The molecule has 0 unspecified atom stereocenters. The summed E-state index contributed by atoms with van der Waals surface area (Å²) < 4.78 is 44.6. The van der Waals surface area contributed by atoms with Crippen molar-refractivity contribution in [3.8, 4) is 5.69 Å². The van der Waals surface area contributed by atoms with Crippen molar-refractivity contribution in [3.05, 3.63) is 65.1 Å². The molecule has 2 heterocycles. The molecule has 0 atom stereocenters. The number of carbonyl (C=O) groups excluding carboxylic acids is 2. The van der Waals surface area contributed by atoms with Gasteiger partial charge in [0.1, 0.15) is 0 Å².